The summed E-state index contributed by atoms with van der Waals surface area (Å²) >= 11 is 0. The molecule has 2 aromatic carbocycles. The molecule has 2 rings (SSSR count). The molecule has 0 fully saturated rings. The van der Waals surface area contributed by atoms with Crippen molar-refractivity contribution in [1.82, 2.24) is 10.2 Å². The van der Waals surface area contributed by atoms with Crippen molar-refractivity contribution >= 4 is 12.0 Å². The Hall–Kier alpha value is -2.46. The zero-order valence-corrected chi connectivity index (χ0v) is 13.9. The maximum Gasteiger partial charge on any atom is 0.243 e. The van der Waals surface area contributed by atoms with Crippen LogP contribution >= 0.6 is 0 Å². The van der Waals surface area contributed by atoms with Crippen LogP contribution in [0.15, 0.2) is 60.7 Å². The molecule has 0 aliphatic carbocycles. The topological polar surface area (TPSA) is 32.3 Å². The molecule has 3 nitrogen and oxygen atoms in total. The summed E-state index contributed by atoms with van der Waals surface area (Å²) in [4.78, 5) is 14.0. The minimum atomic E-state index is -0.306. The number of hydrogen-bond donors (Lipinski definition) is 1. The number of carbonyl (C=O) groups is 1. The summed E-state index contributed by atoms with van der Waals surface area (Å²) in [7, 11) is 2.07. The Bertz CT molecular complexity index is 670. The SMILES string of the molecule is CN(CCCNC(=O)/C=C/c1cccc(F)c1)Cc1ccccc1. The summed E-state index contributed by atoms with van der Waals surface area (Å²) in [6, 6.07) is 16.4. The molecule has 0 saturated carbocycles. The van der Waals surface area contributed by atoms with Crippen molar-refractivity contribution < 1.29 is 9.18 Å². The standard InChI is InChI=1S/C20H23FN2O/c1-23(16-18-7-3-2-4-8-18)14-6-13-22-20(24)12-11-17-9-5-10-19(21)15-17/h2-5,7-12,15H,6,13-14,16H2,1H3,(H,22,24)/b12-11+. The van der Waals surface area contributed by atoms with Crippen molar-refractivity contribution in [3.05, 3.63) is 77.6 Å². The van der Waals surface area contributed by atoms with Crippen LogP contribution in [-0.2, 0) is 11.3 Å². The molecule has 0 saturated heterocycles. The van der Waals surface area contributed by atoms with Crippen LogP contribution in [0, 0.1) is 5.82 Å². The summed E-state index contributed by atoms with van der Waals surface area (Å²) in [6.45, 7) is 2.42. The third-order valence-electron chi connectivity index (χ3n) is 3.59. The lowest BCUT2D eigenvalue weighted by Gasteiger charge is -2.16. The van der Waals surface area contributed by atoms with Crippen molar-refractivity contribution in [2.45, 2.75) is 13.0 Å². The van der Waals surface area contributed by atoms with Crippen LogP contribution in [0.5, 0.6) is 0 Å². The van der Waals surface area contributed by atoms with Gasteiger partial charge in [-0.2, -0.15) is 0 Å². The molecule has 0 atom stereocenters. The Morgan fingerprint density at radius 2 is 1.96 bits per heavy atom. The molecule has 2 aromatic rings. The van der Waals surface area contributed by atoms with Gasteiger partial charge in [0.15, 0.2) is 0 Å². The van der Waals surface area contributed by atoms with Crippen LogP contribution in [0.4, 0.5) is 4.39 Å². The van der Waals surface area contributed by atoms with Gasteiger partial charge in [-0.3, -0.25) is 4.79 Å². The molecule has 0 spiro atoms. The number of carbonyl (C=O) groups excluding carboxylic acids is 1. The fourth-order valence-electron chi connectivity index (χ4n) is 2.38. The number of hydrogen-bond acceptors (Lipinski definition) is 2. The minimum absolute atomic E-state index is 0.162. The smallest absolute Gasteiger partial charge is 0.243 e. The summed E-state index contributed by atoms with van der Waals surface area (Å²) in [5.41, 5.74) is 1.95. The Morgan fingerprint density at radius 1 is 1.17 bits per heavy atom. The van der Waals surface area contributed by atoms with Crippen LogP contribution in [-0.4, -0.2) is 30.9 Å². The average molecular weight is 326 g/mol. The average Bonchev–Trinajstić information content (AvgIpc) is 2.58. The molecule has 0 radical (unpaired) electrons. The van der Waals surface area contributed by atoms with Gasteiger partial charge in [0.2, 0.25) is 5.91 Å². The fraction of sp³-hybridized carbons (Fsp3) is 0.250. The number of rotatable bonds is 8. The lowest BCUT2D eigenvalue weighted by atomic mass is 10.2. The molecule has 0 heterocycles. The minimum Gasteiger partial charge on any atom is -0.353 e. The monoisotopic (exact) mass is 326 g/mol. The molecular formula is C20H23FN2O. The van der Waals surface area contributed by atoms with E-state index < -0.39 is 0 Å². The largest absolute Gasteiger partial charge is 0.353 e. The normalized spacial score (nSPS) is 11.1. The lowest BCUT2D eigenvalue weighted by molar-refractivity contribution is -0.116. The highest BCUT2D eigenvalue weighted by Gasteiger charge is 2.01. The first-order chi connectivity index (χ1) is 11.6. The van der Waals surface area contributed by atoms with E-state index in [2.05, 4.69) is 29.4 Å². The molecule has 0 bridgehead atoms. The summed E-state index contributed by atoms with van der Waals surface area (Å²) < 4.78 is 13.0. The predicted octanol–water partition coefficient (Wildman–Crippen LogP) is 3.48. The van der Waals surface area contributed by atoms with E-state index in [0.29, 0.717) is 12.1 Å². The second-order valence-electron chi connectivity index (χ2n) is 5.76. The van der Waals surface area contributed by atoms with Crippen molar-refractivity contribution in [2.24, 2.45) is 0 Å². The number of nitrogens with one attached hydrogen (secondary N) is 1. The summed E-state index contributed by atoms with van der Waals surface area (Å²) in [6.07, 6.45) is 3.92. The van der Waals surface area contributed by atoms with Crippen LogP contribution in [0.2, 0.25) is 0 Å². The molecule has 24 heavy (non-hydrogen) atoms. The zero-order chi connectivity index (χ0) is 17.2. The Labute approximate surface area is 142 Å². The molecule has 0 aliphatic heterocycles. The van der Waals surface area contributed by atoms with Crippen LogP contribution in [0.25, 0.3) is 6.08 Å². The van der Waals surface area contributed by atoms with Crippen molar-refractivity contribution in [1.29, 1.82) is 0 Å². The van der Waals surface area contributed by atoms with E-state index in [-0.39, 0.29) is 11.7 Å². The second-order valence-corrected chi connectivity index (χ2v) is 5.76. The predicted molar refractivity (Wildman–Crippen MR) is 95.8 cm³/mol. The Morgan fingerprint density at radius 3 is 2.71 bits per heavy atom. The van der Waals surface area contributed by atoms with Gasteiger partial charge in [0, 0.05) is 19.2 Å². The van der Waals surface area contributed by atoms with E-state index in [1.165, 1.54) is 23.8 Å². The third-order valence-corrected chi connectivity index (χ3v) is 3.59. The number of halogens is 1. The van der Waals surface area contributed by atoms with Crippen LogP contribution in [0.3, 0.4) is 0 Å². The van der Waals surface area contributed by atoms with Gasteiger partial charge >= 0.3 is 0 Å². The van der Waals surface area contributed by atoms with Crippen LogP contribution < -0.4 is 5.32 Å². The molecular weight excluding hydrogens is 303 g/mol. The fourth-order valence-corrected chi connectivity index (χ4v) is 2.38. The first-order valence-corrected chi connectivity index (χ1v) is 8.07. The molecule has 4 heteroatoms. The van der Waals surface area contributed by atoms with Crippen molar-refractivity contribution in [2.75, 3.05) is 20.1 Å². The van der Waals surface area contributed by atoms with Gasteiger partial charge in [0.25, 0.3) is 0 Å². The van der Waals surface area contributed by atoms with E-state index in [1.54, 1.807) is 18.2 Å². The van der Waals surface area contributed by atoms with Gasteiger partial charge in [-0.05, 0) is 49.3 Å². The molecule has 1 N–H and O–H groups in total. The van der Waals surface area contributed by atoms with Crippen molar-refractivity contribution in [3.8, 4) is 0 Å². The Balaban J connectivity index is 1.64. The van der Waals surface area contributed by atoms with Gasteiger partial charge in [-0.15, -0.1) is 0 Å². The number of nitrogens with zero attached hydrogens (tertiary/aromatic N) is 1. The second kappa shape index (κ2) is 9.63. The Kier molecular flexibility index (Phi) is 7.18. The first-order valence-electron chi connectivity index (χ1n) is 8.07. The van der Waals surface area contributed by atoms with E-state index in [9.17, 15) is 9.18 Å². The van der Waals surface area contributed by atoms with E-state index >= 15 is 0 Å². The van der Waals surface area contributed by atoms with Crippen molar-refractivity contribution in [3.63, 3.8) is 0 Å². The highest BCUT2D eigenvalue weighted by molar-refractivity contribution is 5.91. The van der Waals surface area contributed by atoms with Gasteiger partial charge in [0.1, 0.15) is 5.82 Å². The molecule has 0 unspecified atom stereocenters. The molecule has 0 aromatic heterocycles. The maximum absolute atomic E-state index is 13.0. The molecule has 126 valence electrons. The van der Waals surface area contributed by atoms with E-state index in [0.717, 1.165) is 19.5 Å². The molecule has 0 aliphatic rings. The number of amides is 1. The highest BCUT2D eigenvalue weighted by Crippen LogP contribution is 2.05. The highest BCUT2D eigenvalue weighted by atomic mass is 19.1. The summed E-state index contributed by atoms with van der Waals surface area (Å²) in [5.74, 6) is -0.469. The summed E-state index contributed by atoms with van der Waals surface area (Å²) in [5, 5.41) is 2.84. The van der Waals surface area contributed by atoms with Gasteiger partial charge < -0.3 is 10.2 Å². The third kappa shape index (κ3) is 6.75. The zero-order valence-electron chi connectivity index (χ0n) is 13.9. The quantitative estimate of drug-likeness (QED) is 0.595. The van der Waals surface area contributed by atoms with Crippen LogP contribution in [0.1, 0.15) is 17.5 Å². The van der Waals surface area contributed by atoms with E-state index in [1.807, 2.05) is 18.2 Å². The first kappa shape index (κ1) is 17.9. The lowest BCUT2D eigenvalue weighted by Crippen LogP contribution is -2.26. The maximum atomic E-state index is 13.0. The van der Waals surface area contributed by atoms with E-state index in [4.69, 9.17) is 0 Å². The number of benzene rings is 2. The molecule has 1 amide bonds. The van der Waals surface area contributed by atoms with Gasteiger partial charge in [0.05, 0.1) is 0 Å². The van der Waals surface area contributed by atoms with Gasteiger partial charge in [-0.1, -0.05) is 42.5 Å². The van der Waals surface area contributed by atoms with Gasteiger partial charge in [-0.25, -0.2) is 4.39 Å².